The van der Waals surface area contributed by atoms with Crippen molar-refractivity contribution in [1.82, 2.24) is 0 Å². The van der Waals surface area contributed by atoms with E-state index in [0.29, 0.717) is 13.2 Å². The molecular weight excluding hydrogens is 286 g/mol. The van der Waals surface area contributed by atoms with Gasteiger partial charge >= 0.3 is 0 Å². The molecule has 0 bridgehead atoms. The summed E-state index contributed by atoms with van der Waals surface area (Å²) >= 11 is 0. The quantitative estimate of drug-likeness (QED) is 0.703. The van der Waals surface area contributed by atoms with Crippen molar-refractivity contribution in [3.8, 4) is 22.6 Å². The normalized spacial score (nSPS) is 13.1. The van der Waals surface area contributed by atoms with E-state index in [-0.39, 0.29) is 0 Å². The summed E-state index contributed by atoms with van der Waals surface area (Å²) in [6.45, 7) is 1.22. The van der Waals surface area contributed by atoms with E-state index < -0.39 is 0 Å². The lowest BCUT2D eigenvalue weighted by Gasteiger charge is -2.22. The van der Waals surface area contributed by atoms with Crippen molar-refractivity contribution in [2.45, 2.75) is 0 Å². The average Bonchev–Trinajstić information content (AvgIpc) is 2.59. The van der Waals surface area contributed by atoms with Crippen molar-refractivity contribution < 1.29 is 9.47 Å². The van der Waals surface area contributed by atoms with E-state index in [4.69, 9.17) is 9.47 Å². The van der Waals surface area contributed by atoms with Crippen LogP contribution in [0.1, 0.15) is 0 Å². The van der Waals surface area contributed by atoms with Gasteiger partial charge in [0, 0.05) is 25.2 Å². The number of anilines is 1. The van der Waals surface area contributed by atoms with E-state index >= 15 is 0 Å². The summed E-state index contributed by atoms with van der Waals surface area (Å²) in [5.74, 6) is 1.66. The van der Waals surface area contributed by atoms with Crippen molar-refractivity contribution >= 4 is 16.5 Å². The Morgan fingerprint density at radius 1 is 0.783 bits per heavy atom. The Balaban J connectivity index is 1.97. The Kier molecular flexibility index (Phi) is 3.34. The van der Waals surface area contributed by atoms with Crippen LogP contribution in [0.25, 0.3) is 21.9 Å². The summed E-state index contributed by atoms with van der Waals surface area (Å²) in [6.07, 6.45) is 0. The van der Waals surface area contributed by atoms with Gasteiger partial charge in [-0.05, 0) is 40.8 Å². The molecule has 116 valence electrons. The molecular formula is C20H19NO2. The predicted octanol–water partition coefficient (Wildman–Crippen LogP) is 4.34. The van der Waals surface area contributed by atoms with Gasteiger partial charge in [-0.1, -0.05) is 30.3 Å². The zero-order valence-corrected chi connectivity index (χ0v) is 13.4. The van der Waals surface area contributed by atoms with Gasteiger partial charge < -0.3 is 14.4 Å². The fourth-order valence-corrected chi connectivity index (χ4v) is 3.05. The minimum atomic E-state index is 0.609. The van der Waals surface area contributed by atoms with Gasteiger partial charge in [-0.3, -0.25) is 0 Å². The van der Waals surface area contributed by atoms with Crippen LogP contribution in [0, 0.1) is 0 Å². The minimum Gasteiger partial charge on any atom is -0.486 e. The van der Waals surface area contributed by atoms with Crippen LogP contribution >= 0.6 is 0 Å². The van der Waals surface area contributed by atoms with Gasteiger partial charge in [0.1, 0.15) is 13.2 Å². The Hall–Kier alpha value is -2.68. The molecule has 0 fully saturated rings. The molecule has 0 saturated carbocycles. The highest BCUT2D eigenvalue weighted by molar-refractivity contribution is 6.00. The van der Waals surface area contributed by atoms with Gasteiger partial charge in [0.2, 0.25) is 0 Å². The van der Waals surface area contributed by atoms with Crippen molar-refractivity contribution in [3.05, 3.63) is 54.6 Å². The SMILES string of the molecule is CN(C)c1cc(-c2ccccc2)cc2cc3c(cc12)OCCO3. The Labute approximate surface area is 136 Å². The molecule has 0 spiro atoms. The molecule has 0 N–H and O–H groups in total. The number of nitrogens with zero attached hydrogens (tertiary/aromatic N) is 1. The lowest BCUT2D eigenvalue weighted by molar-refractivity contribution is 0.172. The van der Waals surface area contributed by atoms with Gasteiger partial charge in [0.15, 0.2) is 11.5 Å². The van der Waals surface area contributed by atoms with Gasteiger partial charge in [0.25, 0.3) is 0 Å². The molecule has 0 unspecified atom stereocenters. The van der Waals surface area contributed by atoms with Crippen LogP contribution in [0.15, 0.2) is 54.6 Å². The van der Waals surface area contributed by atoms with Crippen LogP contribution in [-0.4, -0.2) is 27.3 Å². The third kappa shape index (κ3) is 2.48. The van der Waals surface area contributed by atoms with Crippen molar-refractivity contribution in [3.63, 3.8) is 0 Å². The number of fused-ring (bicyclic) bond motifs is 2. The first-order chi connectivity index (χ1) is 11.2. The molecule has 3 aromatic rings. The van der Waals surface area contributed by atoms with Crippen LogP contribution in [0.3, 0.4) is 0 Å². The summed E-state index contributed by atoms with van der Waals surface area (Å²) in [5, 5.41) is 2.35. The molecule has 3 aromatic carbocycles. The van der Waals surface area contributed by atoms with E-state index in [1.807, 2.05) is 6.07 Å². The van der Waals surface area contributed by atoms with E-state index in [1.165, 1.54) is 27.6 Å². The van der Waals surface area contributed by atoms with Gasteiger partial charge in [-0.25, -0.2) is 0 Å². The minimum absolute atomic E-state index is 0.609. The van der Waals surface area contributed by atoms with E-state index in [9.17, 15) is 0 Å². The second-order valence-electron chi connectivity index (χ2n) is 5.97. The summed E-state index contributed by atoms with van der Waals surface area (Å²) < 4.78 is 11.5. The Morgan fingerprint density at radius 2 is 1.48 bits per heavy atom. The lowest BCUT2D eigenvalue weighted by atomic mass is 9.98. The van der Waals surface area contributed by atoms with Gasteiger partial charge in [0.05, 0.1) is 0 Å². The molecule has 3 heteroatoms. The first-order valence-electron chi connectivity index (χ1n) is 7.82. The maximum absolute atomic E-state index is 5.74. The topological polar surface area (TPSA) is 21.7 Å². The van der Waals surface area contributed by atoms with Crippen molar-refractivity contribution in [2.75, 3.05) is 32.2 Å². The van der Waals surface area contributed by atoms with Crippen molar-refractivity contribution in [2.24, 2.45) is 0 Å². The third-order valence-electron chi connectivity index (χ3n) is 4.18. The zero-order valence-electron chi connectivity index (χ0n) is 13.4. The summed E-state index contributed by atoms with van der Waals surface area (Å²) in [4.78, 5) is 2.14. The molecule has 23 heavy (non-hydrogen) atoms. The highest BCUT2D eigenvalue weighted by Crippen LogP contribution is 2.40. The molecule has 0 aliphatic carbocycles. The summed E-state index contributed by atoms with van der Waals surface area (Å²) in [5.41, 5.74) is 3.60. The largest absolute Gasteiger partial charge is 0.486 e. The van der Waals surface area contributed by atoms with Crippen molar-refractivity contribution in [1.29, 1.82) is 0 Å². The fourth-order valence-electron chi connectivity index (χ4n) is 3.05. The molecule has 4 rings (SSSR count). The Morgan fingerprint density at radius 3 is 2.17 bits per heavy atom. The molecule has 0 radical (unpaired) electrons. The van der Waals surface area contributed by atoms with Crippen LogP contribution in [0.4, 0.5) is 5.69 Å². The predicted molar refractivity (Wildman–Crippen MR) is 94.7 cm³/mol. The number of benzene rings is 3. The van der Waals surface area contributed by atoms with E-state index in [1.54, 1.807) is 0 Å². The first-order valence-corrected chi connectivity index (χ1v) is 7.82. The number of ether oxygens (including phenoxy) is 2. The van der Waals surface area contributed by atoms with Gasteiger partial charge in [-0.2, -0.15) is 0 Å². The lowest BCUT2D eigenvalue weighted by Crippen LogP contribution is -2.15. The molecule has 0 atom stereocenters. The summed E-state index contributed by atoms with van der Waals surface area (Å²) in [7, 11) is 4.14. The van der Waals surface area contributed by atoms with Crippen LogP contribution in [-0.2, 0) is 0 Å². The van der Waals surface area contributed by atoms with E-state index in [2.05, 4.69) is 67.5 Å². The standard InChI is InChI=1S/C20H19NO2/c1-21(2)18-11-15(14-6-4-3-5-7-14)10-16-12-19-20(13-17(16)18)23-9-8-22-19/h3-7,10-13H,8-9H2,1-2H3. The molecule has 0 saturated heterocycles. The zero-order chi connectivity index (χ0) is 15.8. The van der Waals surface area contributed by atoms with Crippen LogP contribution < -0.4 is 14.4 Å². The second kappa shape index (κ2) is 5.51. The molecule has 1 heterocycles. The van der Waals surface area contributed by atoms with Crippen LogP contribution in [0.2, 0.25) is 0 Å². The second-order valence-corrected chi connectivity index (χ2v) is 5.97. The molecule has 1 aliphatic rings. The molecule has 3 nitrogen and oxygen atoms in total. The van der Waals surface area contributed by atoms with E-state index in [0.717, 1.165) is 11.5 Å². The highest BCUT2D eigenvalue weighted by atomic mass is 16.6. The third-order valence-corrected chi connectivity index (χ3v) is 4.18. The number of hydrogen-bond acceptors (Lipinski definition) is 3. The van der Waals surface area contributed by atoms with Crippen LogP contribution in [0.5, 0.6) is 11.5 Å². The molecule has 1 aliphatic heterocycles. The maximum Gasteiger partial charge on any atom is 0.162 e. The number of hydrogen-bond donors (Lipinski definition) is 0. The highest BCUT2D eigenvalue weighted by Gasteiger charge is 2.16. The average molecular weight is 305 g/mol. The maximum atomic E-state index is 5.74. The fraction of sp³-hybridized carbons (Fsp3) is 0.200. The monoisotopic (exact) mass is 305 g/mol. The molecule has 0 amide bonds. The number of rotatable bonds is 2. The smallest absolute Gasteiger partial charge is 0.162 e. The first kappa shape index (κ1) is 13.9. The molecule has 0 aromatic heterocycles. The summed E-state index contributed by atoms with van der Waals surface area (Å²) in [6, 6.07) is 19.1. The van der Waals surface area contributed by atoms with Gasteiger partial charge in [-0.15, -0.1) is 0 Å². The Bertz CT molecular complexity index is 856.